The minimum Gasteiger partial charge on any atom is -0.278 e. The standard InChI is InChI=1S/C16H17ClN2S/c1-3-20-15-8-5-13(6-9-15)11-18-19-14-7-4-12(2)16(17)10-14/h4-11,19H,3H2,1-2H3. The van der Waals surface area contributed by atoms with Gasteiger partial charge in [-0.3, -0.25) is 5.43 Å². The number of thioether (sulfide) groups is 1. The maximum Gasteiger partial charge on any atom is 0.0576 e. The van der Waals surface area contributed by atoms with Crippen molar-refractivity contribution in [1.82, 2.24) is 0 Å². The predicted octanol–water partition coefficient (Wildman–Crippen LogP) is 5.21. The molecule has 1 N–H and O–H groups in total. The van der Waals surface area contributed by atoms with Crippen molar-refractivity contribution >= 4 is 35.3 Å². The molecular weight excluding hydrogens is 288 g/mol. The van der Waals surface area contributed by atoms with Gasteiger partial charge in [-0.05, 0) is 48.1 Å². The Labute approximate surface area is 129 Å². The summed E-state index contributed by atoms with van der Waals surface area (Å²) in [5, 5.41) is 4.96. The Morgan fingerprint density at radius 3 is 2.60 bits per heavy atom. The summed E-state index contributed by atoms with van der Waals surface area (Å²) < 4.78 is 0. The Hall–Kier alpha value is -1.45. The van der Waals surface area contributed by atoms with Gasteiger partial charge in [0.2, 0.25) is 0 Å². The third-order valence-electron chi connectivity index (χ3n) is 2.77. The zero-order valence-electron chi connectivity index (χ0n) is 11.6. The van der Waals surface area contributed by atoms with E-state index in [1.165, 1.54) is 4.90 Å². The van der Waals surface area contributed by atoms with E-state index in [-0.39, 0.29) is 0 Å². The maximum atomic E-state index is 6.06. The highest BCUT2D eigenvalue weighted by Gasteiger charge is 1.96. The van der Waals surface area contributed by atoms with E-state index in [2.05, 4.69) is 41.7 Å². The van der Waals surface area contributed by atoms with Gasteiger partial charge in [0.15, 0.2) is 0 Å². The molecule has 0 saturated heterocycles. The van der Waals surface area contributed by atoms with Gasteiger partial charge >= 0.3 is 0 Å². The molecule has 0 aliphatic carbocycles. The van der Waals surface area contributed by atoms with Crippen molar-refractivity contribution in [3.63, 3.8) is 0 Å². The fraction of sp³-hybridized carbons (Fsp3) is 0.188. The van der Waals surface area contributed by atoms with Gasteiger partial charge in [0.05, 0.1) is 11.9 Å². The van der Waals surface area contributed by atoms with E-state index in [0.29, 0.717) is 0 Å². The van der Waals surface area contributed by atoms with Gasteiger partial charge in [-0.25, -0.2) is 0 Å². The molecule has 4 heteroatoms. The van der Waals surface area contributed by atoms with Gasteiger partial charge in [-0.2, -0.15) is 5.10 Å². The summed E-state index contributed by atoms with van der Waals surface area (Å²) in [5.74, 6) is 1.09. The van der Waals surface area contributed by atoms with Crippen LogP contribution in [0.5, 0.6) is 0 Å². The first-order valence-corrected chi connectivity index (χ1v) is 7.83. The van der Waals surface area contributed by atoms with Crippen molar-refractivity contribution in [2.75, 3.05) is 11.2 Å². The lowest BCUT2D eigenvalue weighted by atomic mass is 10.2. The highest BCUT2D eigenvalue weighted by molar-refractivity contribution is 7.99. The third kappa shape index (κ3) is 4.29. The van der Waals surface area contributed by atoms with Crippen LogP contribution in [0.25, 0.3) is 0 Å². The van der Waals surface area contributed by atoms with Crippen LogP contribution < -0.4 is 5.43 Å². The lowest BCUT2D eigenvalue weighted by Gasteiger charge is -2.03. The molecule has 2 aromatic rings. The van der Waals surface area contributed by atoms with E-state index < -0.39 is 0 Å². The second-order valence-corrected chi connectivity index (χ2v) is 6.08. The molecule has 0 amide bonds. The number of hydrazone groups is 1. The lowest BCUT2D eigenvalue weighted by Crippen LogP contribution is -1.91. The van der Waals surface area contributed by atoms with Crippen LogP contribution in [-0.2, 0) is 0 Å². The van der Waals surface area contributed by atoms with Crippen molar-refractivity contribution in [2.24, 2.45) is 5.10 Å². The highest BCUT2D eigenvalue weighted by Crippen LogP contribution is 2.20. The summed E-state index contributed by atoms with van der Waals surface area (Å²) in [7, 11) is 0. The number of hydrogen-bond acceptors (Lipinski definition) is 3. The zero-order chi connectivity index (χ0) is 14.4. The monoisotopic (exact) mass is 304 g/mol. The van der Waals surface area contributed by atoms with Crippen LogP contribution in [-0.4, -0.2) is 12.0 Å². The van der Waals surface area contributed by atoms with Crippen LogP contribution in [0, 0.1) is 6.92 Å². The molecule has 0 bridgehead atoms. The van der Waals surface area contributed by atoms with Crippen LogP contribution in [0.4, 0.5) is 5.69 Å². The van der Waals surface area contributed by atoms with Crippen molar-refractivity contribution in [1.29, 1.82) is 0 Å². The number of anilines is 1. The average molecular weight is 305 g/mol. The number of benzene rings is 2. The molecule has 0 heterocycles. The molecule has 0 fully saturated rings. The molecule has 2 nitrogen and oxygen atoms in total. The van der Waals surface area contributed by atoms with Gasteiger partial charge in [-0.15, -0.1) is 11.8 Å². The van der Waals surface area contributed by atoms with Gasteiger partial charge in [0, 0.05) is 9.92 Å². The van der Waals surface area contributed by atoms with Crippen molar-refractivity contribution in [3.05, 3.63) is 58.6 Å². The first kappa shape index (κ1) is 14.9. The Morgan fingerprint density at radius 2 is 1.95 bits per heavy atom. The molecule has 104 valence electrons. The number of halogens is 1. The fourth-order valence-corrected chi connectivity index (χ4v) is 2.50. The largest absolute Gasteiger partial charge is 0.278 e. The van der Waals surface area contributed by atoms with Crippen LogP contribution in [0.15, 0.2) is 52.5 Å². The molecule has 0 radical (unpaired) electrons. The van der Waals surface area contributed by atoms with Crippen molar-refractivity contribution in [2.45, 2.75) is 18.7 Å². The van der Waals surface area contributed by atoms with E-state index in [0.717, 1.165) is 27.6 Å². The van der Waals surface area contributed by atoms with Crippen LogP contribution in [0.1, 0.15) is 18.1 Å². The molecule has 0 aliphatic rings. The molecular formula is C16H17ClN2S. The SMILES string of the molecule is CCSc1ccc(C=NNc2ccc(C)c(Cl)c2)cc1. The molecule has 2 aromatic carbocycles. The number of nitrogens with zero attached hydrogens (tertiary/aromatic N) is 1. The van der Waals surface area contributed by atoms with E-state index in [1.807, 2.05) is 36.9 Å². The second-order valence-electron chi connectivity index (χ2n) is 4.34. The number of aryl methyl sites for hydroxylation is 1. The highest BCUT2D eigenvalue weighted by atomic mass is 35.5. The fourth-order valence-electron chi connectivity index (χ4n) is 1.66. The minimum atomic E-state index is 0.742. The summed E-state index contributed by atoms with van der Waals surface area (Å²) >= 11 is 7.90. The number of hydrogen-bond donors (Lipinski definition) is 1. The molecule has 2 rings (SSSR count). The molecule has 0 spiro atoms. The normalized spacial score (nSPS) is 10.9. The Kier molecular flexibility index (Phi) is 5.50. The molecule has 20 heavy (non-hydrogen) atoms. The molecule has 0 atom stereocenters. The summed E-state index contributed by atoms with van der Waals surface area (Å²) in [5.41, 5.74) is 5.99. The number of nitrogens with one attached hydrogen (secondary N) is 1. The Balaban J connectivity index is 1.97. The van der Waals surface area contributed by atoms with E-state index in [4.69, 9.17) is 11.6 Å². The first-order valence-electron chi connectivity index (χ1n) is 6.47. The third-order valence-corrected chi connectivity index (χ3v) is 4.07. The van der Waals surface area contributed by atoms with Crippen LogP contribution >= 0.6 is 23.4 Å². The van der Waals surface area contributed by atoms with Crippen molar-refractivity contribution < 1.29 is 0 Å². The summed E-state index contributed by atoms with van der Waals surface area (Å²) in [4.78, 5) is 1.28. The quantitative estimate of drug-likeness (QED) is 0.466. The molecule has 0 aliphatic heterocycles. The second kappa shape index (κ2) is 7.36. The van der Waals surface area contributed by atoms with Crippen LogP contribution in [0.3, 0.4) is 0 Å². The number of rotatable bonds is 5. The van der Waals surface area contributed by atoms with Crippen LogP contribution in [0.2, 0.25) is 5.02 Å². The topological polar surface area (TPSA) is 24.4 Å². The van der Waals surface area contributed by atoms with Gasteiger partial charge < -0.3 is 0 Å². The minimum absolute atomic E-state index is 0.742. The van der Waals surface area contributed by atoms with E-state index >= 15 is 0 Å². The summed E-state index contributed by atoms with van der Waals surface area (Å²) in [6.45, 7) is 4.13. The predicted molar refractivity (Wildman–Crippen MR) is 90.2 cm³/mol. The van der Waals surface area contributed by atoms with Gasteiger partial charge in [0.25, 0.3) is 0 Å². The van der Waals surface area contributed by atoms with E-state index in [9.17, 15) is 0 Å². The smallest absolute Gasteiger partial charge is 0.0576 e. The lowest BCUT2D eigenvalue weighted by molar-refractivity contribution is 1.33. The maximum absolute atomic E-state index is 6.06. The molecule has 0 aromatic heterocycles. The summed E-state index contributed by atoms with van der Waals surface area (Å²) in [6, 6.07) is 14.1. The molecule has 0 saturated carbocycles. The zero-order valence-corrected chi connectivity index (χ0v) is 13.1. The van der Waals surface area contributed by atoms with E-state index in [1.54, 1.807) is 6.21 Å². The van der Waals surface area contributed by atoms with Gasteiger partial charge in [0.1, 0.15) is 0 Å². The molecule has 0 unspecified atom stereocenters. The Bertz CT molecular complexity index is 594. The van der Waals surface area contributed by atoms with Crippen molar-refractivity contribution in [3.8, 4) is 0 Å². The first-order chi connectivity index (χ1) is 9.69. The summed E-state index contributed by atoms with van der Waals surface area (Å²) in [6.07, 6.45) is 1.80. The Morgan fingerprint density at radius 1 is 1.20 bits per heavy atom. The van der Waals surface area contributed by atoms with Gasteiger partial charge in [-0.1, -0.05) is 36.7 Å². The average Bonchev–Trinajstić information content (AvgIpc) is 2.45.